The highest BCUT2D eigenvalue weighted by atomic mass is 16.5. The number of amides is 2. The lowest BCUT2D eigenvalue weighted by atomic mass is 10.1. The zero-order chi connectivity index (χ0) is 12.0. The minimum Gasteiger partial charge on any atom is -0.378 e. The molecule has 1 aliphatic rings. The molecule has 1 N–H and O–H groups in total. The van der Waals surface area contributed by atoms with Gasteiger partial charge in [-0.1, -0.05) is 0 Å². The van der Waals surface area contributed by atoms with Crippen molar-refractivity contribution in [2.45, 2.75) is 26.4 Å². The number of hydrogen-bond acceptors (Lipinski definition) is 3. The van der Waals surface area contributed by atoms with Gasteiger partial charge in [0, 0.05) is 26.2 Å². The van der Waals surface area contributed by atoms with E-state index in [4.69, 9.17) is 9.47 Å². The lowest BCUT2D eigenvalue weighted by Crippen LogP contribution is -2.49. The van der Waals surface area contributed by atoms with Crippen LogP contribution in [0.5, 0.6) is 0 Å². The molecule has 1 rings (SSSR count). The third-order valence-electron chi connectivity index (χ3n) is 2.50. The molecule has 1 fully saturated rings. The molecule has 0 bridgehead atoms. The Bertz CT molecular complexity index is 225. The van der Waals surface area contributed by atoms with Crippen molar-refractivity contribution in [3.8, 4) is 0 Å². The van der Waals surface area contributed by atoms with Gasteiger partial charge in [0.15, 0.2) is 0 Å². The van der Waals surface area contributed by atoms with Crippen LogP contribution >= 0.6 is 0 Å². The monoisotopic (exact) mass is 230 g/mol. The number of ether oxygens (including phenoxy) is 2. The summed E-state index contributed by atoms with van der Waals surface area (Å²) in [6.07, 6.45) is 0. The number of nitrogens with one attached hydrogen (secondary N) is 1. The van der Waals surface area contributed by atoms with E-state index in [-0.39, 0.29) is 11.6 Å². The van der Waals surface area contributed by atoms with E-state index in [0.29, 0.717) is 39.5 Å². The Morgan fingerprint density at radius 1 is 1.44 bits per heavy atom. The fourth-order valence-corrected chi connectivity index (χ4v) is 1.61. The van der Waals surface area contributed by atoms with Gasteiger partial charge >= 0.3 is 6.03 Å². The van der Waals surface area contributed by atoms with Crippen molar-refractivity contribution in [3.63, 3.8) is 0 Å². The van der Waals surface area contributed by atoms with Crippen molar-refractivity contribution >= 4 is 6.03 Å². The molecule has 5 heteroatoms. The maximum atomic E-state index is 11.8. The number of carbonyl (C=O) groups is 1. The standard InChI is InChI=1S/C11H22N2O3/c1-4-16-11(2,3)9-12-10(14)13-5-7-15-8-6-13/h4-9H2,1-3H3,(H,12,14). The molecule has 1 aliphatic heterocycles. The lowest BCUT2D eigenvalue weighted by molar-refractivity contribution is -0.00876. The number of nitrogens with zero attached hydrogens (tertiary/aromatic N) is 1. The predicted molar refractivity (Wildman–Crippen MR) is 61.5 cm³/mol. The molecule has 1 heterocycles. The van der Waals surface area contributed by atoms with Crippen LogP contribution in [-0.2, 0) is 9.47 Å². The van der Waals surface area contributed by atoms with Gasteiger partial charge < -0.3 is 19.7 Å². The van der Waals surface area contributed by atoms with E-state index in [1.54, 1.807) is 4.90 Å². The Morgan fingerprint density at radius 2 is 2.06 bits per heavy atom. The molecular weight excluding hydrogens is 208 g/mol. The van der Waals surface area contributed by atoms with E-state index in [2.05, 4.69) is 5.32 Å². The molecule has 2 amide bonds. The highest BCUT2D eigenvalue weighted by Gasteiger charge is 2.21. The van der Waals surface area contributed by atoms with Gasteiger partial charge in [-0.15, -0.1) is 0 Å². The van der Waals surface area contributed by atoms with Crippen LogP contribution < -0.4 is 5.32 Å². The van der Waals surface area contributed by atoms with Gasteiger partial charge in [-0.2, -0.15) is 0 Å². The van der Waals surface area contributed by atoms with Gasteiger partial charge in [-0.3, -0.25) is 0 Å². The quantitative estimate of drug-likeness (QED) is 0.778. The van der Waals surface area contributed by atoms with Gasteiger partial charge in [0.2, 0.25) is 0 Å². The summed E-state index contributed by atoms with van der Waals surface area (Å²) in [5, 5.41) is 2.88. The van der Waals surface area contributed by atoms with Crippen molar-refractivity contribution in [3.05, 3.63) is 0 Å². The number of urea groups is 1. The number of hydrogen-bond donors (Lipinski definition) is 1. The highest BCUT2D eigenvalue weighted by molar-refractivity contribution is 5.74. The minimum absolute atomic E-state index is 0.0314. The third-order valence-corrected chi connectivity index (χ3v) is 2.50. The Morgan fingerprint density at radius 3 is 2.62 bits per heavy atom. The van der Waals surface area contributed by atoms with Gasteiger partial charge in [0.25, 0.3) is 0 Å². The molecule has 1 saturated heterocycles. The molecule has 0 saturated carbocycles. The van der Waals surface area contributed by atoms with Gasteiger partial charge in [0.05, 0.1) is 18.8 Å². The van der Waals surface area contributed by atoms with Gasteiger partial charge in [0.1, 0.15) is 0 Å². The first-order valence-electron chi connectivity index (χ1n) is 5.79. The number of morpholine rings is 1. The molecule has 16 heavy (non-hydrogen) atoms. The first-order chi connectivity index (χ1) is 7.55. The summed E-state index contributed by atoms with van der Waals surface area (Å²) in [7, 11) is 0. The summed E-state index contributed by atoms with van der Waals surface area (Å²) in [5.41, 5.74) is -0.309. The zero-order valence-electron chi connectivity index (χ0n) is 10.4. The van der Waals surface area contributed by atoms with Gasteiger partial charge in [-0.05, 0) is 20.8 Å². The van der Waals surface area contributed by atoms with Crippen LogP contribution in [-0.4, -0.2) is 56.0 Å². The van der Waals surface area contributed by atoms with Crippen molar-refractivity contribution < 1.29 is 14.3 Å². The summed E-state index contributed by atoms with van der Waals surface area (Å²) in [6.45, 7) is 9.65. The number of rotatable bonds is 4. The summed E-state index contributed by atoms with van der Waals surface area (Å²) >= 11 is 0. The van der Waals surface area contributed by atoms with Crippen LogP contribution in [0.25, 0.3) is 0 Å². The molecule has 0 aromatic rings. The molecule has 94 valence electrons. The summed E-state index contributed by atoms with van der Waals surface area (Å²) in [5.74, 6) is 0. The van der Waals surface area contributed by atoms with Crippen LogP contribution in [0, 0.1) is 0 Å². The second-order valence-corrected chi connectivity index (χ2v) is 4.45. The molecule has 0 unspecified atom stereocenters. The fourth-order valence-electron chi connectivity index (χ4n) is 1.61. The molecule has 0 aromatic carbocycles. The van der Waals surface area contributed by atoms with Crippen molar-refractivity contribution in [2.24, 2.45) is 0 Å². The van der Waals surface area contributed by atoms with E-state index in [1.165, 1.54) is 0 Å². The van der Waals surface area contributed by atoms with Crippen molar-refractivity contribution in [2.75, 3.05) is 39.5 Å². The predicted octanol–water partition coefficient (Wildman–Crippen LogP) is 0.843. The van der Waals surface area contributed by atoms with Gasteiger partial charge in [-0.25, -0.2) is 4.79 Å². The second-order valence-electron chi connectivity index (χ2n) is 4.45. The van der Waals surface area contributed by atoms with Crippen LogP contribution in [0.2, 0.25) is 0 Å². The highest BCUT2D eigenvalue weighted by Crippen LogP contribution is 2.07. The third kappa shape index (κ3) is 4.37. The van der Waals surface area contributed by atoms with Crippen LogP contribution in [0.3, 0.4) is 0 Å². The maximum Gasteiger partial charge on any atom is 0.317 e. The Balaban J connectivity index is 2.28. The van der Waals surface area contributed by atoms with E-state index >= 15 is 0 Å². The molecule has 0 radical (unpaired) electrons. The topological polar surface area (TPSA) is 50.8 Å². The minimum atomic E-state index is -0.309. The first-order valence-corrected chi connectivity index (χ1v) is 5.79. The van der Waals surface area contributed by atoms with Crippen LogP contribution in [0.15, 0.2) is 0 Å². The Labute approximate surface area is 97.1 Å². The molecule has 0 spiro atoms. The van der Waals surface area contributed by atoms with E-state index < -0.39 is 0 Å². The van der Waals surface area contributed by atoms with Crippen LogP contribution in [0.1, 0.15) is 20.8 Å². The van der Waals surface area contributed by atoms with E-state index in [0.717, 1.165) is 0 Å². The average molecular weight is 230 g/mol. The molecule has 0 atom stereocenters. The van der Waals surface area contributed by atoms with E-state index in [1.807, 2.05) is 20.8 Å². The molecule has 5 nitrogen and oxygen atoms in total. The summed E-state index contributed by atoms with van der Waals surface area (Å²) in [4.78, 5) is 13.5. The summed E-state index contributed by atoms with van der Waals surface area (Å²) in [6, 6.07) is -0.0314. The molecular formula is C11H22N2O3. The SMILES string of the molecule is CCOC(C)(C)CNC(=O)N1CCOCC1. The van der Waals surface area contributed by atoms with Crippen molar-refractivity contribution in [1.29, 1.82) is 0 Å². The second kappa shape index (κ2) is 6.06. The normalized spacial score (nSPS) is 17.3. The maximum absolute atomic E-state index is 11.8. The molecule has 0 aliphatic carbocycles. The lowest BCUT2D eigenvalue weighted by Gasteiger charge is -2.30. The average Bonchev–Trinajstić information content (AvgIpc) is 2.27. The zero-order valence-corrected chi connectivity index (χ0v) is 10.4. The Kier molecular flexibility index (Phi) is 5.02. The molecule has 0 aromatic heterocycles. The Hall–Kier alpha value is -0.810. The largest absolute Gasteiger partial charge is 0.378 e. The first kappa shape index (κ1) is 13.3. The summed E-state index contributed by atoms with van der Waals surface area (Å²) < 4.78 is 10.7. The number of carbonyl (C=O) groups excluding carboxylic acids is 1. The van der Waals surface area contributed by atoms with E-state index in [9.17, 15) is 4.79 Å². The fraction of sp³-hybridized carbons (Fsp3) is 0.909. The van der Waals surface area contributed by atoms with Crippen LogP contribution in [0.4, 0.5) is 4.79 Å². The van der Waals surface area contributed by atoms with Crippen molar-refractivity contribution in [1.82, 2.24) is 10.2 Å². The smallest absolute Gasteiger partial charge is 0.317 e.